The maximum atomic E-state index is 12.2. The fourth-order valence-corrected chi connectivity index (χ4v) is 3.44. The highest BCUT2D eigenvalue weighted by Crippen LogP contribution is 2.49. The van der Waals surface area contributed by atoms with Gasteiger partial charge in [-0.25, -0.2) is 0 Å². The minimum absolute atomic E-state index is 0.0685. The molecule has 0 saturated carbocycles. The van der Waals surface area contributed by atoms with E-state index in [9.17, 15) is 29.4 Å². The zero-order chi connectivity index (χ0) is 17.9. The van der Waals surface area contributed by atoms with Gasteiger partial charge in [0.1, 0.15) is 11.5 Å². The summed E-state index contributed by atoms with van der Waals surface area (Å²) in [6.45, 7) is 6.18. The van der Waals surface area contributed by atoms with Crippen molar-refractivity contribution in [3.8, 4) is 0 Å². The van der Waals surface area contributed by atoms with Crippen LogP contribution in [0.1, 0.15) is 53.4 Å². The normalized spacial score (nSPS) is 26.1. The number of carboxylic acids is 1. The highest BCUT2D eigenvalue weighted by atomic mass is 16.4. The Morgan fingerprint density at radius 2 is 1.91 bits per heavy atom. The lowest BCUT2D eigenvalue weighted by atomic mass is 9.60. The lowest BCUT2D eigenvalue weighted by Gasteiger charge is -2.42. The Hall–Kier alpha value is -1.98. The highest BCUT2D eigenvalue weighted by Gasteiger charge is 2.50. The van der Waals surface area contributed by atoms with Crippen molar-refractivity contribution in [2.24, 2.45) is 17.3 Å². The Morgan fingerprint density at radius 1 is 1.35 bits per heavy atom. The molecule has 1 aliphatic carbocycles. The van der Waals surface area contributed by atoms with E-state index in [1.807, 2.05) is 6.92 Å². The second-order valence-corrected chi connectivity index (χ2v) is 6.51. The van der Waals surface area contributed by atoms with Gasteiger partial charge in [-0.05, 0) is 19.3 Å². The van der Waals surface area contributed by atoms with Crippen LogP contribution in [0.3, 0.4) is 0 Å². The van der Waals surface area contributed by atoms with E-state index in [0.29, 0.717) is 12.8 Å². The van der Waals surface area contributed by atoms with E-state index in [1.165, 1.54) is 6.92 Å². The van der Waals surface area contributed by atoms with Crippen molar-refractivity contribution in [3.63, 3.8) is 0 Å². The van der Waals surface area contributed by atoms with E-state index in [-0.39, 0.29) is 17.8 Å². The molecule has 0 aliphatic heterocycles. The number of aliphatic carboxylic acids is 1. The molecule has 0 heterocycles. The smallest absolute Gasteiger partial charge is 0.304 e. The quantitative estimate of drug-likeness (QED) is 0.696. The maximum absolute atomic E-state index is 12.2. The second kappa shape index (κ2) is 7.06. The first kappa shape index (κ1) is 19.1. The number of allylic oxidation sites excluding steroid dienone is 2. The number of hydrogen-bond donors (Lipinski definition) is 2. The van der Waals surface area contributed by atoms with Gasteiger partial charge < -0.3 is 10.2 Å². The van der Waals surface area contributed by atoms with Gasteiger partial charge in [0.25, 0.3) is 0 Å². The third kappa shape index (κ3) is 3.68. The average molecular weight is 324 g/mol. The monoisotopic (exact) mass is 324 g/mol. The Bertz CT molecular complexity index is 574. The molecule has 3 atom stereocenters. The molecular weight excluding hydrogens is 300 g/mol. The minimum atomic E-state index is -1.32. The molecule has 6 heteroatoms. The SMILES string of the molecule is CCCC(=O)C(C)[C@H]1CC(=O)C(C(C)=O)=C(O)[C@@]1(C)CC(=O)O. The van der Waals surface area contributed by atoms with E-state index in [1.54, 1.807) is 6.92 Å². The molecule has 1 rings (SSSR count). The third-order valence-electron chi connectivity index (χ3n) is 4.76. The summed E-state index contributed by atoms with van der Waals surface area (Å²) >= 11 is 0. The summed E-state index contributed by atoms with van der Waals surface area (Å²) < 4.78 is 0. The second-order valence-electron chi connectivity index (χ2n) is 6.51. The van der Waals surface area contributed by atoms with E-state index in [2.05, 4.69) is 0 Å². The van der Waals surface area contributed by atoms with Gasteiger partial charge in [-0.3, -0.25) is 19.2 Å². The number of carboxylic acid groups (broad SMARTS) is 1. The summed E-state index contributed by atoms with van der Waals surface area (Å²) in [5.41, 5.74) is -1.65. The summed E-state index contributed by atoms with van der Waals surface area (Å²) in [6.07, 6.45) is 0.426. The number of carbonyl (C=O) groups excluding carboxylic acids is 3. The molecule has 0 bridgehead atoms. The van der Waals surface area contributed by atoms with E-state index in [0.717, 1.165) is 6.92 Å². The van der Waals surface area contributed by atoms with Gasteiger partial charge in [0.05, 0.1) is 12.0 Å². The molecule has 2 N–H and O–H groups in total. The fourth-order valence-electron chi connectivity index (χ4n) is 3.44. The summed E-state index contributed by atoms with van der Waals surface area (Å²) in [7, 11) is 0. The maximum Gasteiger partial charge on any atom is 0.304 e. The first-order valence-corrected chi connectivity index (χ1v) is 7.78. The standard InChI is InChI=1S/C17H24O6/c1-5-6-12(19)9(2)11-7-13(20)15(10(3)18)16(23)17(11,4)8-14(21)22/h9,11,23H,5-8H2,1-4H3,(H,21,22)/t9?,11-,17+/m1/s1. The molecule has 0 aromatic heterocycles. The Morgan fingerprint density at radius 3 is 2.35 bits per heavy atom. The van der Waals surface area contributed by atoms with Crippen LogP contribution >= 0.6 is 0 Å². The van der Waals surface area contributed by atoms with Crippen LogP contribution in [0.2, 0.25) is 0 Å². The van der Waals surface area contributed by atoms with Crippen LogP contribution in [0.15, 0.2) is 11.3 Å². The van der Waals surface area contributed by atoms with Crippen molar-refractivity contribution in [2.45, 2.75) is 53.4 Å². The zero-order valence-electron chi connectivity index (χ0n) is 14.0. The predicted octanol–water partition coefficient (Wildman–Crippen LogP) is 2.46. The van der Waals surface area contributed by atoms with Crippen LogP contribution in [0.5, 0.6) is 0 Å². The van der Waals surface area contributed by atoms with Gasteiger partial charge in [-0.15, -0.1) is 0 Å². The number of carbonyl (C=O) groups is 4. The van der Waals surface area contributed by atoms with Gasteiger partial charge in [0, 0.05) is 24.2 Å². The van der Waals surface area contributed by atoms with Gasteiger partial charge in [0.15, 0.2) is 11.6 Å². The van der Waals surface area contributed by atoms with Crippen molar-refractivity contribution in [3.05, 3.63) is 11.3 Å². The Kier molecular flexibility index (Phi) is 5.86. The van der Waals surface area contributed by atoms with E-state index in [4.69, 9.17) is 0 Å². The fraction of sp³-hybridized carbons (Fsp3) is 0.647. The molecule has 23 heavy (non-hydrogen) atoms. The summed E-state index contributed by atoms with van der Waals surface area (Å²) in [5.74, 6) is -4.05. The topological polar surface area (TPSA) is 109 Å². The average Bonchev–Trinajstić information content (AvgIpc) is 2.41. The van der Waals surface area contributed by atoms with Crippen LogP contribution in [0.25, 0.3) is 0 Å². The number of rotatable bonds is 7. The Balaban J connectivity index is 3.41. The van der Waals surface area contributed by atoms with Crippen LogP contribution in [-0.2, 0) is 19.2 Å². The molecule has 0 aromatic rings. The van der Waals surface area contributed by atoms with Crippen LogP contribution in [0, 0.1) is 17.3 Å². The minimum Gasteiger partial charge on any atom is -0.511 e. The number of hydrogen-bond acceptors (Lipinski definition) is 5. The van der Waals surface area contributed by atoms with E-state index < -0.39 is 47.0 Å². The van der Waals surface area contributed by atoms with E-state index >= 15 is 0 Å². The molecule has 1 aliphatic rings. The number of aliphatic hydroxyl groups is 1. The predicted molar refractivity (Wildman–Crippen MR) is 82.9 cm³/mol. The lowest BCUT2D eigenvalue weighted by molar-refractivity contribution is -0.144. The molecule has 128 valence electrons. The molecule has 0 aromatic carbocycles. The zero-order valence-corrected chi connectivity index (χ0v) is 14.0. The summed E-state index contributed by atoms with van der Waals surface area (Å²) in [6, 6.07) is 0. The molecule has 0 radical (unpaired) electrons. The highest BCUT2D eigenvalue weighted by molar-refractivity contribution is 6.20. The van der Waals surface area contributed by atoms with Gasteiger partial charge in [-0.2, -0.15) is 0 Å². The lowest BCUT2D eigenvalue weighted by Crippen LogP contribution is -2.45. The van der Waals surface area contributed by atoms with Crippen molar-refractivity contribution in [1.82, 2.24) is 0 Å². The molecular formula is C17H24O6. The number of ketones is 3. The molecule has 0 saturated heterocycles. The first-order chi connectivity index (χ1) is 10.6. The van der Waals surface area contributed by atoms with Gasteiger partial charge in [0.2, 0.25) is 0 Å². The van der Waals surface area contributed by atoms with Crippen LogP contribution < -0.4 is 0 Å². The Labute approximate surface area is 135 Å². The number of Topliss-reactive ketones (excluding diaryl/α,β-unsaturated/α-hetero) is 3. The molecule has 0 amide bonds. The molecule has 6 nitrogen and oxygen atoms in total. The molecule has 0 spiro atoms. The van der Waals surface area contributed by atoms with Gasteiger partial charge >= 0.3 is 5.97 Å². The van der Waals surface area contributed by atoms with Crippen molar-refractivity contribution >= 4 is 23.3 Å². The molecule has 1 unspecified atom stereocenters. The number of aliphatic hydroxyl groups excluding tert-OH is 1. The first-order valence-electron chi connectivity index (χ1n) is 7.78. The van der Waals surface area contributed by atoms with Crippen LogP contribution in [-0.4, -0.2) is 33.5 Å². The summed E-state index contributed by atoms with van der Waals surface area (Å²) in [5, 5.41) is 19.7. The summed E-state index contributed by atoms with van der Waals surface area (Å²) in [4.78, 5) is 47.3. The van der Waals surface area contributed by atoms with Crippen molar-refractivity contribution in [1.29, 1.82) is 0 Å². The van der Waals surface area contributed by atoms with Crippen molar-refractivity contribution in [2.75, 3.05) is 0 Å². The van der Waals surface area contributed by atoms with Crippen molar-refractivity contribution < 1.29 is 29.4 Å². The largest absolute Gasteiger partial charge is 0.511 e. The molecule has 0 fully saturated rings. The third-order valence-corrected chi connectivity index (χ3v) is 4.76. The van der Waals surface area contributed by atoms with Gasteiger partial charge in [-0.1, -0.05) is 20.8 Å². The van der Waals surface area contributed by atoms with Crippen LogP contribution in [0.4, 0.5) is 0 Å².